The maximum atomic E-state index is 12.4. The van der Waals surface area contributed by atoms with E-state index in [-0.39, 0.29) is 17.7 Å². The molecule has 0 aromatic heterocycles. The number of amides is 3. The lowest BCUT2D eigenvalue weighted by Gasteiger charge is -2.11. The van der Waals surface area contributed by atoms with Crippen LogP contribution >= 0.6 is 11.6 Å². The van der Waals surface area contributed by atoms with Crippen molar-refractivity contribution < 1.29 is 14.4 Å². The van der Waals surface area contributed by atoms with Crippen LogP contribution in [0.4, 0.5) is 11.4 Å². The fourth-order valence-corrected chi connectivity index (χ4v) is 2.45. The third-order valence-electron chi connectivity index (χ3n) is 3.18. The largest absolute Gasteiger partial charge is 0.348 e. The molecule has 0 bridgehead atoms. The summed E-state index contributed by atoms with van der Waals surface area (Å²) in [6.07, 6.45) is 0. The minimum atomic E-state index is -0.334. The van der Waals surface area contributed by atoms with Crippen molar-refractivity contribution in [1.82, 2.24) is 5.32 Å². The summed E-state index contributed by atoms with van der Waals surface area (Å²) in [6.45, 7) is 3.03. The molecule has 130 valence electrons. The van der Waals surface area contributed by atoms with E-state index in [4.69, 9.17) is 11.6 Å². The van der Waals surface area contributed by atoms with Crippen molar-refractivity contribution >= 4 is 40.7 Å². The minimum absolute atomic E-state index is 0.273. The Morgan fingerprint density at radius 2 is 1.52 bits per heavy atom. The summed E-state index contributed by atoms with van der Waals surface area (Å²) in [5.74, 6) is -0.880. The molecule has 0 spiro atoms. The van der Waals surface area contributed by atoms with Gasteiger partial charge in [-0.2, -0.15) is 0 Å². The van der Waals surface area contributed by atoms with E-state index in [0.717, 1.165) is 5.56 Å². The van der Waals surface area contributed by atoms with Crippen molar-refractivity contribution in [2.45, 2.75) is 20.4 Å². The van der Waals surface area contributed by atoms with Gasteiger partial charge in [0, 0.05) is 42.4 Å². The minimum Gasteiger partial charge on any atom is -0.348 e. The zero-order chi connectivity index (χ0) is 18.4. The lowest BCUT2D eigenvalue weighted by Crippen LogP contribution is -2.23. The molecular weight excluding hydrogens is 342 g/mol. The Bertz CT molecular complexity index is 787. The number of benzene rings is 2. The molecule has 2 aromatic rings. The first-order valence-corrected chi connectivity index (χ1v) is 7.94. The zero-order valence-corrected chi connectivity index (χ0v) is 14.6. The van der Waals surface area contributed by atoms with Crippen LogP contribution in [0.5, 0.6) is 0 Å². The Morgan fingerprint density at radius 1 is 0.920 bits per heavy atom. The Kier molecular flexibility index (Phi) is 6.14. The summed E-state index contributed by atoms with van der Waals surface area (Å²) in [7, 11) is 0. The molecule has 0 radical (unpaired) electrons. The van der Waals surface area contributed by atoms with Gasteiger partial charge in [0.15, 0.2) is 0 Å². The molecule has 2 aromatic carbocycles. The van der Waals surface area contributed by atoms with Crippen molar-refractivity contribution in [1.29, 1.82) is 0 Å². The van der Waals surface area contributed by atoms with Crippen molar-refractivity contribution in [3.8, 4) is 0 Å². The van der Waals surface area contributed by atoms with E-state index in [9.17, 15) is 14.4 Å². The quantitative estimate of drug-likeness (QED) is 0.766. The molecule has 0 aliphatic heterocycles. The molecule has 0 aliphatic rings. The molecule has 0 heterocycles. The molecule has 2 rings (SSSR count). The molecule has 0 fully saturated rings. The van der Waals surface area contributed by atoms with Gasteiger partial charge in [-0.05, 0) is 35.9 Å². The third-order valence-corrected chi connectivity index (χ3v) is 3.41. The summed E-state index contributed by atoms with van der Waals surface area (Å²) in [5.41, 5.74) is 2.02. The molecule has 0 saturated carbocycles. The van der Waals surface area contributed by atoms with Crippen LogP contribution in [0.2, 0.25) is 5.02 Å². The van der Waals surface area contributed by atoms with Gasteiger partial charge < -0.3 is 16.0 Å². The third kappa shape index (κ3) is 5.93. The van der Waals surface area contributed by atoms with E-state index in [2.05, 4.69) is 16.0 Å². The number of hydrogen-bond donors (Lipinski definition) is 3. The van der Waals surface area contributed by atoms with Gasteiger partial charge in [0.2, 0.25) is 11.8 Å². The highest BCUT2D eigenvalue weighted by atomic mass is 35.5. The maximum absolute atomic E-state index is 12.4. The Morgan fingerprint density at radius 3 is 2.04 bits per heavy atom. The number of nitrogens with one attached hydrogen (secondary N) is 3. The highest BCUT2D eigenvalue weighted by Gasteiger charge is 2.10. The summed E-state index contributed by atoms with van der Waals surface area (Å²) in [6, 6.07) is 11.8. The molecule has 0 saturated heterocycles. The van der Waals surface area contributed by atoms with E-state index >= 15 is 0 Å². The number of anilines is 2. The van der Waals surface area contributed by atoms with Crippen molar-refractivity contribution in [2.75, 3.05) is 10.6 Å². The van der Waals surface area contributed by atoms with Gasteiger partial charge in [-0.25, -0.2) is 0 Å². The molecule has 0 atom stereocenters. The van der Waals surface area contributed by atoms with E-state index in [1.54, 1.807) is 36.4 Å². The average Bonchev–Trinajstić information content (AvgIpc) is 2.51. The second-order valence-electron chi connectivity index (χ2n) is 5.47. The number of rotatable bonds is 5. The molecule has 3 amide bonds. The molecule has 0 aliphatic carbocycles. The molecule has 6 nitrogen and oxygen atoms in total. The van der Waals surface area contributed by atoms with Gasteiger partial charge in [0.05, 0.1) is 0 Å². The van der Waals surface area contributed by atoms with Crippen LogP contribution < -0.4 is 16.0 Å². The van der Waals surface area contributed by atoms with Crippen LogP contribution in [0.1, 0.15) is 29.8 Å². The first-order valence-electron chi connectivity index (χ1n) is 7.56. The standard InChI is InChI=1S/C18H18ClN3O3/c1-11(23)21-16-7-14(8-17(9-16)22-12(2)24)18(25)20-10-13-4-3-5-15(19)6-13/h3-9H,10H2,1-2H3,(H,20,25)(H,21,23)(H,22,24). The van der Waals surface area contributed by atoms with Gasteiger partial charge in [-0.1, -0.05) is 23.7 Å². The van der Waals surface area contributed by atoms with Crippen LogP contribution in [0.25, 0.3) is 0 Å². The fourth-order valence-electron chi connectivity index (χ4n) is 2.24. The van der Waals surface area contributed by atoms with Gasteiger partial charge >= 0.3 is 0 Å². The first-order chi connectivity index (χ1) is 11.8. The normalized spacial score (nSPS) is 10.0. The number of carbonyl (C=O) groups excluding carboxylic acids is 3. The monoisotopic (exact) mass is 359 g/mol. The summed E-state index contributed by atoms with van der Waals surface area (Å²) in [4.78, 5) is 34.9. The topological polar surface area (TPSA) is 87.3 Å². The molecule has 3 N–H and O–H groups in total. The van der Waals surface area contributed by atoms with Crippen LogP contribution in [0, 0.1) is 0 Å². The lowest BCUT2D eigenvalue weighted by atomic mass is 10.1. The summed E-state index contributed by atoms with van der Waals surface area (Å²) in [5, 5.41) is 8.59. The number of hydrogen-bond acceptors (Lipinski definition) is 3. The van der Waals surface area contributed by atoms with Crippen LogP contribution in [-0.4, -0.2) is 17.7 Å². The van der Waals surface area contributed by atoms with Gasteiger partial charge in [0.1, 0.15) is 0 Å². The SMILES string of the molecule is CC(=O)Nc1cc(NC(C)=O)cc(C(=O)NCc2cccc(Cl)c2)c1. The average molecular weight is 360 g/mol. The first kappa shape index (κ1) is 18.5. The summed E-state index contributed by atoms with van der Waals surface area (Å²) < 4.78 is 0. The predicted octanol–water partition coefficient (Wildman–Crippen LogP) is 3.19. The summed E-state index contributed by atoms with van der Waals surface area (Å²) >= 11 is 5.92. The second kappa shape index (κ2) is 8.30. The Labute approximate surface area is 150 Å². The van der Waals surface area contributed by atoms with E-state index in [0.29, 0.717) is 28.5 Å². The number of carbonyl (C=O) groups is 3. The molecule has 7 heteroatoms. The molecular formula is C18H18ClN3O3. The van der Waals surface area contributed by atoms with Crippen molar-refractivity contribution in [3.63, 3.8) is 0 Å². The smallest absolute Gasteiger partial charge is 0.251 e. The van der Waals surface area contributed by atoms with Gasteiger partial charge in [0.25, 0.3) is 5.91 Å². The highest BCUT2D eigenvalue weighted by Crippen LogP contribution is 2.20. The fraction of sp³-hybridized carbons (Fsp3) is 0.167. The van der Waals surface area contributed by atoms with Crippen molar-refractivity contribution in [2.24, 2.45) is 0 Å². The lowest BCUT2D eigenvalue weighted by molar-refractivity contribution is -0.115. The van der Waals surface area contributed by atoms with Gasteiger partial charge in [-0.3, -0.25) is 14.4 Å². The van der Waals surface area contributed by atoms with Crippen LogP contribution in [0.3, 0.4) is 0 Å². The zero-order valence-electron chi connectivity index (χ0n) is 13.9. The Hall–Kier alpha value is -2.86. The van der Waals surface area contributed by atoms with E-state index in [1.165, 1.54) is 13.8 Å². The Balaban J connectivity index is 2.18. The highest BCUT2D eigenvalue weighted by molar-refractivity contribution is 6.30. The predicted molar refractivity (Wildman–Crippen MR) is 97.7 cm³/mol. The molecule has 25 heavy (non-hydrogen) atoms. The van der Waals surface area contributed by atoms with Crippen LogP contribution in [0.15, 0.2) is 42.5 Å². The second-order valence-corrected chi connectivity index (χ2v) is 5.91. The van der Waals surface area contributed by atoms with E-state index in [1.807, 2.05) is 6.07 Å². The van der Waals surface area contributed by atoms with Crippen LogP contribution in [-0.2, 0) is 16.1 Å². The van der Waals surface area contributed by atoms with E-state index < -0.39 is 0 Å². The van der Waals surface area contributed by atoms with Gasteiger partial charge in [-0.15, -0.1) is 0 Å². The maximum Gasteiger partial charge on any atom is 0.251 e. The number of halogens is 1. The van der Waals surface area contributed by atoms with Crippen molar-refractivity contribution in [3.05, 3.63) is 58.6 Å². The molecule has 0 unspecified atom stereocenters.